The van der Waals surface area contributed by atoms with Crippen LogP contribution in [0, 0.1) is 25.2 Å². The predicted octanol–water partition coefficient (Wildman–Crippen LogP) is 4.09. The number of hydrogen-bond donors (Lipinski definition) is 0. The molecule has 0 saturated carbocycles. The molecule has 5 heteroatoms. The highest BCUT2D eigenvalue weighted by atomic mass is 16.1. The molecule has 0 aliphatic heterocycles. The Morgan fingerprint density at radius 2 is 1.88 bits per heavy atom. The minimum atomic E-state index is -0.0746. The summed E-state index contributed by atoms with van der Waals surface area (Å²) < 4.78 is 3.30. The highest BCUT2D eigenvalue weighted by molar-refractivity contribution is 5.67. The number of benzene rings is 1. The van der Waals surface area contributed by atoms with Crippen LogP contribution < -0.4 is 5.56 Å². The van der Waals surface area contributed by atoms with E-state index in [0.29, 0.717) is 28.4 Å². The van der Waals surface area contributed by atoms with E-state index in [1.165, 1.54) is 0 Å². The number of nitriles is 1. The van der Waals surface area contributed by atoms with Gasteiger partial charge in [-0.3, -0.25) is 9.36 Å². The zero-order valence-corrected chi connectivity index (χ0v) is 16.0. The fourth-order valence-electron chi connectivity index (χ4n) is 3.63. The largest absolute Gasteiger partial charge is 0.292 e. The zero-order valence-electron chi connectivity index (χ0n) is 16.0. The van der Waals surface area contributed by atoms with Crippen molar-refractivity contribution in [3.8, 4) is 17.5 Å². The van der Waals surface area contributed by atoms with Crippen LogP contribution in [-0.2, 0) is 7.05 Å². The molecule has 0 saturated heterocycles. The van der Waals surface area contributed by atoms with Gasteiger partial charge in [-0.05, 0) is 61.9 Å². The van der Waals surface area contributed by atoms with E-state index >= 15 is 0 Å². The molecule has 1 aromatic carbocycles. The van der Waals surface area contributed by atoms with Crippen LogP contribution in [0.15, 0.2) is 29.1 Å². The Labute approximate surface area is 153 Å². The third kappa shape index (κ3) is 2.72. The predicted molar refractivity (Wildman–Crippen MR) is 103 cm³/mol. The SMILES string of the molecule is CCC(CC)c1cc(C)n2nc(-c3ccc(C)cc3C#N)n(C)c(=O)c12. The van der Waals surface area contributed by atoms with Crippen molar-refractivity contribution < 1.29 is 0 Å². The lowest BCUT2D eigenvalue weighted by molar-refractivity contribution is 0.644. The van der Waals surface area contributed by atoms with E-state index < -0.39 is 0 Å². The maximum atomic E-state index is 13.2. The summed E-state index contributed by atoms with van der Waals surface area (Å²) in [6.45, 7) is 8.20. The Bertz CT molecular complexity index is 1080. The molecule has 0 aliphatic carbocycles. The molecule has 0 atom stereocenters. The molecule has 3 aromatic rings. The first kappa shape index (κ1) is 17.9. The van der Waals surface area contributed by atoms with Crippen LogP contribution in [0.3, 0.4) is 0 Å². The van der Waals surface area contributed by atoms with Crippen molar-refractivity contribution >= 4 is 5.52 Å². The van der Waals surface area contributed by atoms with Gasteiger partial charge in [0.15, 0.2) is 5.82 Å². The molecule has 0 radical (unpaired) electrons. The molecule has 0 spiro atoms. The van der Waals surface area contributed by atoms with Gasteiger partial charge in [0.25, 0.3) is 5.56 Å². The lowest BCUT2D eigenvalue weighted by Gasteiger charge is -2.14. The first-order chi connectivity index (χ1) is 12.4. The van der Waals surface area contributed by atoms with Crippen LogP contribution in [0.4, 0.5) is 0 Å². The summed E-state index contributed by atoms with van der Waals surface area (Å²) in [5.74, 6) is 0.849. The highest BCUT2D eigenvalue weighted by Gasteiger charge is 2.21. The number of aromatic nitrogens is 3. The van der Waals surface area contributed by atoms with Crippen molar-refractivity contribution in [2.24, 2.45) is 7.05 Å². The molecule has 2 aromatic heterocycles. The van der Waals surface area contributed by atoms with Crippen molar-refractivity contribution in [2.45, 2.75) is 46.5 Å². The van der Waals surface area contributed by atoms with Crippen molar-refractivity contribution in [3.05, 3.63) is 57.0 Å². The average molecular weight is 348 g/mol. The normalized spacial score (nSPS) is 11.3. The van der Waals surface area contributed by atoms with Crippen LogP contribution in [0.1, 0.15) is 55.0 Å². The second-order valence-corrected chi connectivity index (χ2v) is 6.86. The Balaban J connectivity index is 2.36. The molecule has 0 aliphatic rings. The first-order valence-corrected chi connectivity index (χ1v) is 9.03. The van der Waals surface area contributed by atoms with Gasteiger partial charge >= 0.3 is 0 Å². The van der Waals surface area contributed by atoms with E-state index in [9.17, 15) is 10.1 Å². The zero-order chi connectivity index (χ0) is 19.0. The van der Waals surface area contributed by atoms with Gasteiger partial charge in [0, 0.05) is 18.3 Å². The van der Waals surface area contributed by atoms with Crippen LogP contribution in [0.25, 0.3) is 16.9 Å². The molecule has 0 amide bonds. The van der Waals surface area contributed by atoms with Gasteiger partial charge in [-0.15, -0.1) is 5.10 Å². The van der Waals surface area contributed by atoms with Gasteiger partial charge in [-0.2, -0.15) is 5.26 Å². The highest BCUT2D eigenvalue weighted by Crippen LogP contribution is 2.29. The summed E-state index contributed by atoms with van der Waals surface area (Å²) in [5, 5.41) is 14.2. The van der Waals surface area contributed by atoms with Crippen LogP contribution in [0.2, 0.25) is 0 Å². The fraction of sp³-hybridized carbons (Fsp3) is 0.381. The second-order valence-electron chi connectivity index (χ2n) is 6.86. The maximum absolute atomic E-state index is 13.2. The Kier molecular flexibility index (Phi) is 4.69. The first-order valence-electron chi connectivity index (χ1n) is 9.03. The number of rotatable bonds is 4. The van der Waals surface area contributed by atoms with Crippen LogP contribution in [-0.4, -0.2) is 14.2 Å². The molecule has 2 heterocycles. The van der Waals surface area contributed by atoms with E-state index in [-0.39, 0.29) is 5.56 Å². The van der Waals surface area contributed by atoms with E-state index in [1.54, 1.807) is 16.1 Å². The van der Waals surface area contributed by atoms with Crippen molar-refractivity contribution in [2.75, 3.05) is 0 Å². The molecule has 0 fully saturated rings. The monoisotopic (exact) mass is 348 g/mol. The number of nitrogens with zero attached hydrogens (tertiary/aromatic N) is 4. The lowest BCUT2D eigenvalue weighted by Crippen LogP contribution is -2.24. The summed E-state index contributed by atoms with van der Waals surface area (Å²) in [7, 11) is 1.73. The molecular formula is C21H24N4O. The minimum Gasteiger partial charge on any atom is -0.292 e. The topological polar surface area (TPSA) is 63.1 Å². The molecule has 5 nitrogen and oxygen atoms in total. The quantitative estimate of drug-likeness (QED) is 0.713. The average Bonchev–Trinajstić information content (AvgIpc) is 2.96. The van der Waals surface area contributed by atoms with Gasteiger partial charge in [-0.25, -0.2) is 4.52 Å². The fourth-order valence-corrected chi connectivity index (χ4v) is 3.63. The van der Waals surface area contributed by atoms with Crippen molar-refractivity contribution in [3.63, 3.8) is 0 Å². The third-order valence-corrected chi connectivity index (χ3v) is 5.17. The minimum absolute atomic E-state index is 0.0746. The Morgan fingerprint density at radius 1 is 1.19 bits per heavy atom. The van der Waals surface area contributed by atoms with Crippen LogP contribution >= 0.6 is 0 Å². The van der Waals surface area contributed by atoms with Gasteiger partial charge in [0.1, 0.15) is 5.52 Å². The van der Waals surface area contributed by atoms with Gasteiger partial charge < -0.3 is 0 Å². The smallest absolute Gasteiger partial charge is 0.278 e. The van der Waals surface area contributed by atoms with E-state index in [1.807, 2.05) is 32.0 Å². The molecule has 0 unspecified atom stereocenters. The number of fused-ring (bicyclic) bond motifs is 1. The summed E-state index contributed by atoms with van der Waals surface area (Å²) >= 11 is 0. The van der Waals surface area contributed by atoms with Gasteiger partial charge in [-0.1, -0.05) is 19.9 Å². The summed E-state index contributed by atoms with van der Waals surface area (Å²) in [5.41, 5.74) is 4.78. The van der Waals surface area contributed by atoms with E-state index in [0.717, 1.165) is 29.7 Å². The van der Waals surface area contributed by atoms with Crippen molar-refractivity contribution in [1.82, 2.24) is 14.2 Å². The number of aryl methyl sites for hydroxylation is 2. The summed E-state index contributed by atoms with van der Waals surface area (Å²) in [6, 6.07) is 9.92. The second kappa shape index (κ2) is 6.80. The molecule has 0 N–H and O–H groups in total. The Morgan fingerprint density at radius 3 is 2.50 bits per heavy atom. The van der Waals surface area contributed by atoms with Gasteiger partial charge in [0.05, 0.1) is 11.6 Å². The standard InChI is InChI=1S/C21H24N4O/c1-6-15(7-2)18-11-14(4)25-19(18)21(26)24(5)20(23-25)17-9-8-13(3)10-16(17)12-22/h8-11,15H,6-7H2,1-5H3. The van der Waals surface area contributed by atoms with E-state index in [2.05, 4.69) is 26.0 Å². The molecule has 134 valence electrons. The molecule has 26 heavy (non-hydrogen) atoms. The van der Waals surface area contributed by atoms with Crippen molar-refractivity contribution in [1.29, 1.82) is 5.26 Å². The lowest BCUT2D eigenvalue weighted by atomic mass is 9.95. The molecule has 3 rings (SSSR count). The Hall–Kier alpha value is -2.87. The summed E-state index contributed by atoms with van der Waals surface area (Å²) in [4.78, 5) is 13.2. The van der Waals surface area contributed by atoms with Gasteiger partial charge in [0.2, 0.25) is 0 Å². The molecule has 0 bridgehead atoms. The maximum Gasteiger partial charge on any atom is 0.278 e. The third-order valence-electron chi connectivity index (χ3n) is 5.17. The van der Waals surface area contributed by atoms with E-state index in [4.69, 9.17) is 5.10 Å². The summed E-state index contributed by atoms with van der Waals surface area (Å²) in [6.07, 6.45) is 1.97. The molecular weight excluding hydrogens is 324 g/mol. The van der Waals surface area contributed by atoms with Crippen LogP contribution in [0.5, 0.6) is 0 Å². The number of hydrogen-bond acceptors (Lipinski definition) is 3.